The minimum Gasteiger partial charge on any atom is -0.507 e. The summed E-state index contributed by atoms with van der Waals surface area (Å²) in [6.07, 6.45) is 3.17. The van der Waals surface area contributed by atoms with Crippen LogP contribution in [-0.2, 0) is 9.59 Å². The molecule has 0 aromatic heterocycles. The zero-order valence-electron chi connectivity index (χ0n) is 23.2. The Kier molecular flexibility index (Phi) is 8.49. The lowest BCUT2D eigenvalue weighted by atomic mass is 9.95. The second-order valence-electron chi connectivity index (χ2n) is 10.1. The van der Waals surface area contributed by atoms with E-state index in [4.69, 9.17) is 9.47 Å². The summed E-state index contributed by atoms with van der Waals surface area (Å²) in [7, 11) is 0. The van der Waals surface area contributed by atoms with E-state index in [1.54, 1.807) is 36.4 Å². The van der Waals surface area contributed by atoms with E-state index in [2.05, 4.69) is 6.92 Å². The summed E-state index contributed by atoms with van der Waals surface area (Å²) in [5.41, 5.74) is 2.59. The maximum absolute atomic E-state index is 13.6. The van der Waals surface area contributed by atoms with Gasteiger partial charge in [-0.15, -0.1) is 0 Å². The fourth-order valence-corrected chi connectivity index (χ4v) is 4.97. The third-order valence-electron chi connectivity index (χ3n) is 7.02. The Morgan fingerprint density at radius 1 is 0.805 bits per heavy atom. The van der Waals surface area contributed by atoms with Crippen LogP contribution in [-0.4, -0.2) is 23.4 Å². The molecule has 0 saturated carbocycles. The van der Waals surface area contributed by atoms with Gasteiger partial charge in [0.1, 0.15) is 23.0 Å². The highest BCUT2D eigenvalue weighted by Gasteiger charge is 2.47. The van der Waals surface area contributed by atoms with Crippen LogP contribution in [0.1, 0.15) is 48.9 Å². The largest absolute Gasteiger partial charge is 0.507 e. The van der Waals surface area contributed by atoms with E-state index < -0.39 is 17.7 Å². The van der Waals surface area contributed by atoms with E-state index in [0.717, 1.165) is 24.8 Å². The molecule has 6 heteroatoms. The van der Waals surface area contributed by atoms with Crippen molar-refractivity contribution in [3.63, 3.8) is 0 Å². The number of amides is 1. The van der Waals surface area contributed by atoms with Crippen LogP contribution in [0.3, 0.4) is 0 Å². The van der Waals surface area contributed by atoms with Crippen molar-refractivity contribution < 1.29 is 24.2 Å². The summed E-state index contributed by atoms with van der Waals surface area (Å²) in [6.45, 7) is 4.68. The van der Waals surface area contributed by atoms with E-state index in [1.165, 1.54) is 4.90 Å². The predicted molar refractivity (Wildman–Crippen MR) is 160 cm³/mol. The van der Waals surface area contributed by atoms with Crippen molar-refractivity contribution in [3.8, 4) is 17.2 Å². The molecular weight excluding hydrogens is 514 g/mol. The smallest absolute Gasteiger partial charge is 0.300 e. The van der Waals surface area contributed by atoms with Gasteiger partial charge in [-0.05, 0) is 85.1 Å². The zero-order valence-corrected chi connectivity index (χ0v) is 23.2. The van der Waals surface area contributed by atoms with Gasteiger partial charge in [0.15, 0.2) is 0 Å². The number of benzene rings is 4. The number of anilines is 1. The van der Waals surface area contributed by atoms with Crippen LogP contribution in [0.5, 0.6) is 17.2 Å². The van der Waals surface area contributed by atoms with Crippen molar-refractivity contribution in [3.05, 3.63) is 125 Å². The molecule has 208 valence electrons. The number of aryl methyl sites for hydroxylation is 1. The molecule has 1 saturated heterocycles. The molecule has 0 spiro atoms. The lowest BCUT2D eigenvalue weighted by Gasteiger charge is -2.26. The van der Waals surface area contributed by atoms with Crippen LogP contribution >= 0.6 is 0 Å². The fraction of sp³-hybridized carbons (Fsp3) is 0.200. The normalized spacial score (nSPS) is 16.1. The van der Waals surface area contributed by atoms with Crippen molar-refractivity contribution >= 4 is 23.1 Å². The monoisotopic (exact) mass is 547 g/mol. The first kappa shape index (κ1) is 27.7. The number of aliphatic hydroxyl groups excluding tert-OH is 1. The van der Waals surface area contributed by atoms with Crippen LogP contribution in [0.15, 0.2) is 109 Å². The highest BCUT2D eigenvalue weighted by atomic mass is 16.5. The standard InChI is InChI=1S/C35H33NO5/c1-3-4-8-21-40-28-19-17-25(18-20-28)33(37)31-32(36(35(39)34(31)38)27-13-9-11-24(2)22-27)26-12-10-16-30(23-26)41-29-14-6-5-7-15-29/h5-7,9-20,22-23,32,37H,3-4,8,21H2,1-2H3/b33-31-. The molecule has 1 fully saturated rings. The molecule has 4 aromatic carbocycles. The van der Waals surface area contributed by atoms with Crippen LogP contribution in [0.25, 0.3) is 5.76 Å². The van der Waals surface area contributed by atoms with Gasteiger partial charge in [0, 0.05) is 11.3 Å². The molecule has 1 aliphatic rings. The van der Waals surface area contributed by atoms with Gasteiger partial charge in [0.2, 0.25) is 0 Å². The average Bonchev–Trinajstić information content (AvgIpc) is 3.26. The molecule has 1 amide bonds. The number of rotatable bonds is 10. The number of aliphatic hydroxyl groups is 1. The Morgan fingerprint density at radius 2 is 1.54 bits per heavy atom. The van der Waals surface area contributed by atoms with Crippen LogP contribution in [0.4, 0.5) is 5.69 Å². The van der Waals surface area contributed by atoms with Crippen LogP contribution in [0.2, 0.25) is 0 Å². The van der Waals surface area contributed by atoms with E-state index >= 15 is 0 Å². The average molecular weight is 548 g/mol. The van der Waals surface area contributed by atoms with E-state index in [-0.39, 0.29) is 11.3 Å². The first-order valence-corrected chi connectivity index (χ1v) is 13.9. The Labute approximate surface area is 240 Å². The summed E-state index contributed by atoms with van der Waals surface area (Å²) in [5, 5.41) is 11.5. The highest BCUT2D eigenvalue weighted by Crippen LogP contribution is 2.43. The maximum atomic E-state index is 13.6. The molecule has 0 bridgehead atoms. The van der Waals surface area contributed by atoms with Crippen molar-refractivity contribution in [2.45, 2.75) is 39.2 Å². The number of carbonyl (C=O) groups is 2. The Morgan fingerprint density at radius 3 is 2.27 bits per heavy atom. The SMILES string of the molecule is CCCCCOc1ccc(/C(O)=C2/C(=O)C(=O)N(c3cccc(C)c3)C2c2cccc(Oc3ccccc3)c2)cc1. The zero-order chi connectivity index (χ0) is 28.8. The van der Waals surface area contributed by atoms with Crippen molar-refractivity contribution in [1.82, 2.24) is 0 Å². The summed E-state index contributed by atoms with van der Waals surface area (Å²) >= 11 is 0. The first-order chi connectivity index (χ1) is 20.0. The molecule has 1 unspecified atom stereocenters. The lowest BCUT2D eigenvalue weighted by Crippen LogP contribution is -2.29. The number of carbonyl (C=O) groups excluding carboxylic acids is 2. The van der Waals surface area contributed by atoms with Crippen molar-refractivity contribution in [1.29, 1.82) is 0 Å². The number of ketones is 1. The van der Waals surface area contributed by atoms with E-state index in [1.807, 2.05) is 73.7 Å². The van der Waals surface area contributed by atoms with Crippen molar-refractivity contribution in [2.75, 3.05) is 11.5 Å². The minimum atomic E-state index is -0.860. The summed E-state index contributed by atoms with van der Waals surface area (Å²) < 4.78 is 11.9. The number of Topliss-reactive ketones (excluding diaryl/α,β-unsaturated/α-hetero) is 1. The van der Waals surface area contributed by atoms with Gasteiger partial charge in [-0.25, -0.2) is 0 Å². The molecular formula is C35H33NO5. The number of nitrogens with zero attached hydrogens (tertiary/aromatic N) is 1. The number of para-hydroxylation sites is 1. The topological polar surface area (TPSA) is 76.1 Å². The van der Waals surface area contributed by atoms with E-state index in [9.17, 15) is 14.7 Å². The summed E-state index contributed by atoms with van der Waals surface area (Å²) in [5.74, 6) is 0.203. The third kappa shape index (κ3) is 6.17. The minimum absolute atomic E-state index is 0.0185. The van der Waals surface area contributed by atoms with Gasteiger partial charge in [-0.1, -0.05) is 62.2 Å². The molecule has 4 aromatic rings. The van der Waals surface area contributed by atoms with Crippen LogP contribution < -0.4 is 14.4 Å². The quantitative estimate of drug-likeness (QED) is 0.0943. The number of unbranched alkanes of at least 4 members (excludes halogenated alkanes) is 2. The Balaban J connectivity index is 1.56. The lowest BCUT2D eigenvalue weighted by molar-refractivity contribution is -0.132. The molecule has 1 aliphatic heterocycles. The van der Waals surface area contributed by atoms with Gasteiger partial charge in [0.25, 0.3) is 11.7 Å². The molecule has 1 N–H and O–H groups in total. The first-order valence-electron chi connectivity index (χ1n) is 13.9. The van der Waals surface area contributed by atoms with Gasteiger partial charge in [0.05, 0.1) is 18.2 Å². The highest BCUT2D eigenvalue weighted by molar-refractivity contribution is 6.51. The molecule has 41 heavy (non-hydrogen) atoms. The molecule has 1 heterocycles. The van der Waals surface area contributed by atoms with Gasteiger partial charge >= 0.3 is 0 Å². The fourth-order valence-electron chi connectivity index (χ4n) is 4.97. The molecule has 0 aliphatic carbocycles. The Bertz CT molecular complexity index is 1560. The third-order valence-corrected chi connectivity index (χ3v) is 7.02. The van der Waals surface area contributed by atoms with Gasteiger partial charge in [-0.3, -0.25) is 14.5 Å². The molecule has 1 atom stereocenters. The van der Waals surface area contributed by atoms with Crippen molar-refractivity contribution in [2.24, 2.45) is 0 Å². The number of hydrogen-bond donors (Lipinski definition) is 1. The van der Waals surface area contributed by atoms with Crippen LogP contribution in [0, 0.1) is 6.92 Å². The molecule has 0 radical (unpaired) electrons. The molecule has 6 nitrogen and oxygen atoms in total. The van der Waals surface area contributed by atoms with Gasteiger partial charge < -0.3 is 14.6 Å². The number of ether oxygens (including phenoxy) is 2. The maximum Gasteiger partial charge on any atom is 0.300 e. The van der Waals surface area contributed by atoms with Gasteiger partial charge in [-0.2, -0.15) is 0 Å². The predicted octanol–water partition coefficient (Wildman–Crippen LogP) is 7.98. The summed E-state index contributed by atoms with van der Waals surface area (Å²) in [4.78, 5) is 28.5. The second-order valence-corrected chi connectivity index (χ2v) is 10.1. The van der Waals surface area contributed by atoms with E-state index in [0.29, 0.717) is 40.7 Å². The summed E-state index contributed by atoms with van der Waals surface area (Å²) in [6, 6.07) is 30.1. The second kappa shape index (κ2) is 12.6. The Hall–Kier alpha value is -4.84. The molecule has 5 rings (SSSR count). The number of hydrogen-bond acceptors (Lipinski definition) is 5.